The number of carbonyl (C=O) groups is 2. The summed E-state index contributed by atoms with van der Waals surface area (Å²) in [5.41, 5.74) is 5.90. The van der Waals surface area contributed by atoms with E-state index in [4.69, 9.17) is 15.6 Å². The molecule has 8 nitrogen and oxygen atoms in total. The molecule has 1 aromatic heterocycles. The van der Waals surface area contributed by atoms with Gasteiger partial charge in [0.2, 0.25) is 5.91 Å². The molecule has 0 spiro atoms. The lowest BCUT2D eigenvalue weighted by atomic mass is 10.0. The zero-order chi connectivity index (χ0) is 16.5. The zero-order valence-corrected chi connectivity index (χ0v) is 13.6. The van der Waals surface area contributed by atoms with Crippen LogP contribution < -0.4 is 11.1 Å². The Morgan fingerprint density at radius 2 is 2.10 bits per heavy atom. The monoisotopic (exact) mass is 317 g/mol. The van der Waals surface area contributed by atoms with Crippen molar-refractivity contribution in [3.8, 4) is 0 Å². The van der Waals surface area contributed by atoms with E-state index in [-0.39, 0.29) is 10.7 Å². The van der Waals surface area contributed by atoms with Crippen molar-refractivity contribution in [3.05, 3.63) is 12.4 Å². The maximum absolute atomic E-state index is 11.8. The molecule has 0 aliphatic heterocycles. The van der Waals surface area contributed by atoms with Gasteiger partial charge in [-0.15, -0.1) is 5.10 Å². The van der Waals surface area contributed by atoms with Gasteiger partial charge in [-0.05, 0) is 20.1 Å². The largest absolute Gasteiger partial charge is 0.481 e. The van der Waals surface area contributed by atoms with E-state index in [0.29, 0.717) is 13.1 Å². The van der Waals surface area contributed by atoms with Crippen molar-refractivity contribution in [3.63, 3.8) is 0 Å². The molecule has 1 heterocycles. The molecule has 1 amide bonds. The standard InChI is InChI=1S/C10H19N5OS.C2H4O2/c1-10(2,17-3)8(11)9(16)12-4-6-15-7-5-13-14-15;1-2(3)4/h5,7-8H,4,6,11H2,1-3H3,(H,12,16);1H3,(H,3,4)/t8-;/m1./s1. The quantitative estimate of drug-likeness (QED) is 0.672. The van der Waals surface area contributed by atoms with E-state index >= 15 is 0 Å². The van der Waals surface area contributed by atoms with Crippen molar-refractivity contribution < 1.29 is 14.7 Å². The fourth-order valence-corrected chi connectivity index (χ4v) is 1.56. The SMILES string of the molecule is CC(=O)O.CSC(C)(C)[C@H](N)C(=O)NCCn1ccnn1. The number of thioether (sulfide) groups is 1. The van der Waals surface area contributed by atoms with Gasteiger partial charge in [-0.1, -0.05) is 5.21 Å². The number of nitrogens with zero attached hydrogens (tertiary/aromatic N) is 3. The highest BCUT2D eigenvalue weighted by Crippen LogP contribution is 2.24. The van der Waals surface area contributed by atoms with Crippen molar-refractivity contribution >= 4 is 23.6 Å². The Morgan fingerprint density at radius 3 is 2.52 bits per heavy atom. The molecule has 9 heteroatoms. The van der Waals surface area contributed by atoms with E-state index in [1.807, 2.05) is 20.1 Å². The predicted molar refractivity (Wildman–Crippen MR) is 81.9 cm³/mol. The molecule has 4 N–H and O–H groups in total. The van der Waals surface area contributed by atoms with E-state index in [9.17, 15) is 4.79 Å². The van der Waals surface area contributed by atoms with Crippen LogP contribution in [0.4, 0.5) is 0 Å². The van der Waals surface area contributed by atoms with E-state index in [2.05, 4.69) is 15.6 Å². The second-order valence-corrected chi connectivity index (χ2v) is 6.22. The number of aliphatic carboxylic acids is 1. The summed E-state index contributed by atoms with van der Waals surface area (Å²) in [5.74, 6) is -0.968. The third-order valence-corrected chi connectivity index (χ3v) is 3.98. The number of amides is 1. The lowest BCUT2D eigenvalue weighted by Crippen LogP contribution is -2.52. The van der Waals surface area contributed by atoms with Gasteiger partial charge in [-0.25, -0.2) is 0 Å². The van der Waals surface area contributed by atoms with Gasteiger partial charge in [-0.3, -0.25) is 14.3 Å². The molecule has 0 aliphatic carbocycles. The van der Waals surface area contributed by atoms with Crippen LogP contribution >= 0.6 is 11.8 Å². The molecule has 0 aromatic carbocycles. The second kappa shape index (κ2) is 9.35. The summed E-state index contributed by atoms with van der Waals surface area (Å²) in [6, 6.07) is -0.520. The topological polar surface area (TPSA) is 123 Å². The summed E-state index contributed by atoms with van der Waals surface area (Å²) in [6.45, 7) is 6.09. The van der Waals surface area contributed by atoms with Crippen LogP contribution in [-0.4, -0.2) is 55.6 Å². The van der Waals surface area contributed by atoms with E-state index in [0.717, 1.165) is 6.92 Å². The third-order valence-electron chi connectivity index (χ3n) is 2.67. The van der Waals surface area contributed by atoms with Crippen LogP contribution in [0.15, 0.2) is 12.4 Å². The summed E-state index contributed by atoms with van der Waals surface area (Å²) in [5, 5.41) is 17.7. The number of rotatable bonds is 6. The summed E-state index contributed by atoms with van der Waals surface area (Å²) in [6.07, 6.45) is 5.30. The van der Waals surface area contributed by atoms with Gasteiger partial charge in [0.25, 0.3) is 5.97 Å². The summed E-state index contributed by atoms with van der Waals surface area (Å²) >= 11 is 1.58. The zero-order valence-electron chi connectivity index (χ0n) is 12.7. The van der Waals surface area contributed by atoms with Crippen LogP contribution in [0.3, 0.4) is 0 Å². The molecule has 0 bridgehead atoms. The molecule has 0 aliphatic rings. The smallest absolute Gasteiger partial charge is 0.300 e. The maximum Gasteiger partial charge on any atom is 0.300 e. The average molecular weight is 317 g/mol. The van der Waals surface area contributed by atoms with Crippen molar-refractivity contribution in [2.45, 2.75) is 38.1 Å². The number of nitrogens with one attached hydrogen (secondary N) is 1. The van der Waals surface area contributed by atoms with Gasteiger partial charge in [0, 0.05) is 24.4 Å². The van der Waals surface area contributed by atoms with Gasteiger partial charge in [0.1, 0.15) is 0 Å². The lowest BCUT2D eigenvalue weighted by Gasteiger charge is -2.28. The van der Waals surface area contributed by atoms with Crippen LogP contribution in [0.1, 0.15) is 20.8 Å². The Morgan fingerprint density at radius 1 is 1.52 bits per heavy atom. The van der Waals surface area contributed by atoms with Crippen molar-refractivity contribution in [2.24, 2.45) is 5.73 Å². The summed E-state index contributed by atoms with van der Waals surface area (Å²) in [7, 11) is 0. The first kappa shape index (κ1) is 19.4. The molecule has 0 fully saturated rings. The molecular weight excluding hydrogens is 294 g/mol. The van der Waals surface area contributed by atoms with Gasteiger partial charge in [-0.2, -0.15) is 11.8 Å². The highest BCUT2D eigenvalue weighted by Gasteiger charge is 2.30. The Bertz CT molecular complexity index is 432. The minimum atomic E-state index is -0.833. The molecule has 120 valence electrons. The number of carboxylic acids is 1. The molecule has 0 unspecified atom stereocenters. The fraction of sp³-hybridized carbons (Fsp3) is 0.667. The molecule has 1 rings (SSSR count). The summed E-state index contributed by atoms with van der Waals surface area (Å²) in [4.78, 5) is 20.8. The first-order valence-electron chi connectivity index (χ1n) is 6.32. The van der Waals surface area contributed by atoms with E-state index in [1.165, 1.54) is 0 Å². The Labute approximate surface area is 128 Å². The average Bonchev–Trinajstić information content (AvgIpc) is 2.90. The minimum absolute atomic E-state index is 0.135. The normalized spacial score (nSPS) is 12.0. The summed E-state index contributed by atoms with van der Waals surface area (Å²) < 4.78 is 1.39. The van der Waals surface area contributed by atoms with Crippen molar-refractivity contribution in [1.82, 2.24) is 20.3 Å². The second-order valence-electron chi connectivity index (χ2n) is 4.76. The van der Waals surface area contributed by atoms with Crippen molar-refractivity contribution in [2.75, 3.05) is 12.8 Å². The number of nitrogens with two attached hydrogens (primary N) is 1. The lowest BCUT2D eigenvalue weighted by molar-refractivity contribution is -0.134. The number of hydrogen-bond acceptors (Lipinski definition) is 6. The molecule has 0 saturated carbocycles. The molecule has 1 aromatic rings. The minimum Gasteiger partial charge on any atom is -0.481 e. The highest BCUT2D eigenvalue weighted by atomic mass is 32.2. The Hall–Kier alpha value is -1.61. The number of hydrogen-bond donors (Lipinski definition) is 3. The first-order valence-corrected chi connectivity index (χ1v) is 7.55. The number of carbonyl (C=O) groups excluding carboxylic acids is 1. The molecule has 0 saturated heterocycles. The molecular formula is C12H23N5O3S. The van der Waals surface area contributed by atoms with Gasteiger partial charge >= 0.3 is 0 Å². The van der Waals surface area contributed by atoms with Crippen molar-refractivity contribution in [1.29, 1.82) is 0 Å². The van der Waals surface area contributed by atoms with Gasteiger partial charge < -0.3 is 16.2 Å². The molecule has 1 atom stereocenters. The van der Waals surface area contributed by atoms with Crippen LogP contribution in [-0.2, 0) is 16.1 Å². The predicted octanol–water partition coefficient (Wildman–Crippen LogP) is -0.0459. The van der Waals surface area contributed by atoms with Crippen LogP contribution in [0.5, 0.6) is 0 Å². The Kier molecular flexibility index (Phi) is 8.63. The van der Waals surface area contributed by atoms with Crippen LogP contribution in [0.25, 0.3) is 0 Å². The Balaban J connectivity index is 0.000000885. The van der Waals surface area contributed by atoms with Crippen LogP contribution in [0, 0.1) is 0 Å². The van der Waals surface area contributed by atoms with Gasteiger partial charge in [0.15, 0.2) is 0 Å². The third kappa shape index (κ3) is 8.30. The molecule has 0 radical (unpaired) electrons. The first-order chi connectivity index (χ1) is 9.70. The van der Waals surface area contributed by atoms with E-state index in [1.54, 1.807) is 28.8 Å². The van der Waals surface area contributed by atoms with Gasteiger partial charge in [0.05, 0.1) is 18.8 Å². The maximum atomic E-state index is 11.8. The van der Waals surface area contributed by atoms with E-state index < -0.39 is 12.0 Å². The van der Waals surface area contributed by atoms with Crippen LogP contribution in [0.2, 0.25) is 0 Å². The number of aromatic nitrogens is 3. The molecule has 21 heavy (non-hydrogen) atoms. The highest BCUT2D eigenvalue weighted by molar-refractivity contribution is 8.00. The fourth-order valence-electron chi connectivity index (χ4n) is 1.20. The number of carboxylic acid groups (broad SMARTS) is 1.